The monoisotopic (exact) mass is 325 g/mol. The van der Waals surface area contributed by atoms with E-state index in [0.29, 0.717) is 36.0 Å². The van der Waals surface area contributed by atoms with Gasteiger partial charge in [0.2, 0.25) is 0 Å². The summed E-state index contributed by atoms with van der Waals surface area (Å²) in [5.41, 5.74) is 9.29. The fraction of sp³-hybridized carbons (Fsp3) is 0.375. The Labute approximate surface area is 139 Å². The lowest BCUT2D eigenvalue weighted by atomic mass is 10.2. The highest BCUT2D eigenvalue weighted by atomic mass is 16.5. The fourth-order valence-electron chi connectivity index (χ4n) is 2.94. The van der Waals surface area contributed by atoms with Crippen LogP contribution in [0.4, 0.5) is 5.82 Å². The predicted molar refractivity (Wildman–Crippen MR) is 89.0 cm³/mol. The predicted octanol–water partition coefficient (Wildman–Crippen LogP) is 1.21. The van der Waals surface area contributed by atoms with Gasteiger partial charge in [0, 0.05) is 25.3 Å². The van der Waals surface area contributed by atoms with Crippen LogP contribution in [0.3, 0.4) is 0 Å². The van der Waals surface area contributed by atoms with Crippen LogP contribution >= 0.6 is 0 Å². The van der Waals surface area contributed by atoms with Crippen molar-refractivity contribution < 1.29 is 4.74 Å². The zero-order chi connectivity index (χ0) is 16.5. The van der Waals surface area contributed by atoms with Gasteiger partial charge in [0.05, 0.1) is 18.6 Å². The van der Waals surface area contributed by atoms with Gasteiger partial charge >= 0.3 is 0 Å². The average molecular weight is 325 g/mol. The van der Waals surface area contributed by atoms with Crippen molar-refractivity contribution in [2.75, 3.05) is 25.4 Å². The number of nitrogen functional groups attached to an aromatic ring is 1. The minimum absolute atomic E-state index is 0.216. The van der Waals surface area contributed by atoms with Gasteiger partial charge in [0.25, 0.3) is 0 Å². The fourth-order valence-corrected chi connectivity index (χ4v) is 2.94. The molecule has 8 nitrogen and oxygen atoms in total. The number of imidazole rings is 1. The van der Waals surface area contributed by atoms with Crippen molar-refractivity contribution in [3.05, 3.63) is 41.7 Å². The number of nitrogens with two attached hydrogens (primary N) is 1. The van der Waals surface area contributed by atoms with E-state index in [0.717, 1.165) is 24.5 Å². The van der Waals surface area contributed by atoms with Crippen molar-refractivity contribution in [1.29, 1.82) is 0 Å². The Bertz CT molecular complexity index is 863. The normalized spacial score (nSPS) is 19.0. The lowest BCUT2D eigenvalue weighted by Gasteiger charge is -2.31. The average Bonchev–Trinajstić information content (AvgIpc) is 3.04. The summed E-state index contributed by atoms with van der Waals surface area (Å²) < 4.78 is 5.86. The lowest BCUT2D eigenvalue weighted by Crippen LogP contribution is -2.38. The van der Waals surface area contributed by atoms with Gasteiger partial charge in [-0.15, -0.1) is 0 Å². The van der Waals surface area contributed by atoms with Crippen molar-refractivity contribution in [1.82, 2.24) is 29.8 Å². The van der Waals surface area contributed by atoms with E-state index in [1.807, 2.05) is 25.1 Å². The van der Waals surface area contributed by atoms with Gasteiger partial charge in [0.1, 0.15) is 11.6 Å². The van der Waals surface area contributed by atoms with E-state index in [-0.39, 0.29) is 6.10 Å². The minimum atomic E-state index is -0.216. The number of rotatable bonds is 3. The summed E-state index contributed by atoms with van der Waals surface area (Å²) in [6.07, 6.45) is 1.35. The maximum absolute atomic E-state index is 5.98. The third kappa shape index (κ3) is 2.93. The number of ether oxygens (including phenoxy) is 1. The number of H-pyrrole nitrogens is 1. The summed E-state index contributed by atoms with van der Waals surface area (Å²) in [5.74, 6) is 0.975. The molecule has 0 spiro atoms. The number of aromatic nitrogens is 5. The van der Waals surface area contributed by atoms with Crippen LogP contribution in [-0.2, 0) is 11.3 Å². The third-order valence-electron chi connectivity index (χ3n) is 4.10. The quantitative estimate of drug-likeness (QED) is 0.745. The molecule has 0 saturated carbocycles. The standard InChI is InChI=1S/C16H19N7O/c1-10-3-2-4-11(20-10)7-23-5-6-24-12(8-23)15-21-14(17)13-16(22-15)19-9-18-13/h2-4,9,12H,5-8H2,1H3,(H3,17,18,19,21,22). The zero-order valence-corrected chi connectivity index (χ0v) is 13.4. The topological polar surface area (TPSA) is 106 Å². The summed E-state index contributed by atoms with van der Waals surface area (Å²) in [7, 11) is 0. The Morgan fingerprint density at radius 1 is 1.33 bits per heavy atom. The summed E-state index contributed by atoms with van der Waals surface area (Å²) in [4.78, 5) is 22.8. The molecular formula is C16H19N7O. The molecule has 4 rings (SSSR count). The second-order valence-corrected chi connectivity index (χ2v) is 5.93. The van der Waals surface area contributed by atoms with Gasteiger partial charge < -0.3 is 15.5 Å². The first kappa shape index (κ1) is 15.0. The Morgan fingerprint density at radius 2 is 2.25 bits per heavy atom. The molecule has 8 heteroatoms. The first-order chi connectivity index (χ1) is 11.7. The third-order valence-corrected chi connectivity index (χ3v) is 4.10. The number of pyridine rings is 1. The SMILES string of the molecule is Cc1cccc(CN2CCOC(c3nc(N)c4[nH]cnc4n3)C2)n1. The molecule has 1 aliphatic rings. The molecule has 3 aromatic heterocycles. The Kier molecular flexibility index (Phi) is 3.83. The second-order valence-electron chi connectivity index (χ2n) is 5.93. The number of fused-ring (bicyclic) bond motifs is 1. The van der Waals surface area contributed by atoms with Crippen LogP contribution in [0.25, 0.3) is 11.2 Å². The van der Waals surface area contributed by atoms with E-state index in [1.54, 1.807) is 6.33 Å². The number of aromatic amines is 1. The molecule has 4 heterocycles. The smallest absolute Gasteiger partial charge is 0.183 e. The van der Waals surface area contributed by atoms with Crippen LogP contribution in [0, 0.1) is 6.92 Å². The molecule has 1 aliphatic heterocycles. The number of morpholine rings is 1. The molecule has 1 atom stereocenters. The van der Waals surface area contributed by atoms with Crippen LogP contribution in [0.1, 0.15) is 23.3 Å². The molecule has 24 heavy (non-hydrogen) atoms. The largest absolute Gasteiger partial charge is 0.382 e. The molecule has 1 unspecified atom stereocenters. The first-order valence-corrected chi connectivity index (χ1v) is 7.92. The number of nitrogens with one attached hydrogen (secondary N) is 1. The molecule has 0 bridgehead atoms. The van der Waals surface area contributed by atoms with Gasteiger partial charge in [0.15, 0.2) is 17.3 Å². The van der Waals surface area contributed by atoms with Crippen LogP contribution in [-0.4, -0.2) is 49.5 Å². The highest BCUT2D eigenvalue weighted by molar-refractivity contribution is 5.80. The summed E-state index contributed by atoms with van der Waals surface area (Å²) in [6.45, 7) is 4.96. The van der Waals surface area contributed by atoms with Crippen molar-refractivity contribution in [2.24, 2.45) is 0 Å². The molecule has 0 aliphatic carbocycles. The number of nitrogens with zero attached hydrogens (tertiary/aromatic N) is 5. The molecule has 0 amide bonds. The van der Waals surface area contributed by atoms with Gasteiger partial charge in [-0.2, -0.15) is 0 Å². The number of aryl methyl sites for hydroxylation is 1. The van der Waals surface area contributed by atoms with E-state index < -0.39 is 0 Å². The number of hydrogen-bond acceptors (Lipinski definition) is 7. The van der Waals surface area contributed by atoms with Crippen molar-refractivity contribution >= 4 is 17.0 Å². The van der Waals surface area contributed by atoms with Crippen LogP contribution in [0.5, 0.6) is 0 Å². The zero-order valence-electron chi connectivity index (χ0n) is 13.4. The second kappa shape index (κ2) is 6.14. The van der Waals surface area contributed by atoms with Crippen LogP contribution in [0.2, 0.25) is 0 Å². The van der Waals surface area contributed by atoms with E-state index in [4.69, 9.17) is 10.5 Å². The van der Waals surface area contributed by atoms with Crippen molar-refractivity contribution in [3.8, 4) is 0 Å². The molecule has 3 aromatic rings. The summed E-state index contributed by atoms with van der Waals surface area (Å²) in [5, 5.41) is 0. The Balaban J connectivity index is 1.53. The van der Waals surface area contributed by atoms with Gasteiger partial charge in [-0.3, -0.25) is 9.88 Å². The van der Waals surface area contributed by atoms with E-state index >= 15 is 0 Å². The van der Waals surface area contributed by atoms with Gasteiger partial charge in [-0.1, -0.05) is 6.07 Å². The molecule has 124 valence electrons. The molecule has 0 radical (unpaired) electrons. The maximum Gasteiger partial charge on any atom is 0.183 e. The first-order valence-electron chi connectivity index (χ1n) is 7.92. The molecule has 3 N–H and O–H groups in total. The lowest BCUT2D eigenvalue weighted by molar-refractivity contribution is -0.0373. The molecule has 1 fully saturated rings. The highest BCUT2D eigenvalue weighted by Crippen LogP contribution is 2.23. The molecule has 1 saturated heterocycles. The number of hydrogen-bond donors (Lipinski definition) is 2. The van der Waals surface area contributed by atoms with E-state index in [2.05, 4.69) is 29.8 Å². The van der Waals surface area contributed by atoms with Crippen LogP contribution in [0.15, 0.2) is 24.5 Å². The molecule has 0 aromatic carbocycles. The summed E-state index contributed by atoms with van der Waals surface area (Å²) >= 11 is 0. The Hall–Kier alpha value is -2.58. The Morgan fingerprint density at radius 3 is 3.12 bits per heavy atom. The van der Waals surface area contributed by atoms with E-state index in [1.165, 1.54) is 0 Å². The molecular weight excluding hydrogens is 306 g/mol. The van der Waals surface area contributed by atoms with Gasteiger partial charge in [-0.25, -0.2) is 15.0 Å². The van der Waals surface area contributed by atoms with E-state index in [9.17, 15) is 0 Å². The van der Waals surface area contributed by atoms with Crippen molar-refractivity contribution in [2.45, 2.75) is 19.6 Å². The van der Waals surface area contributed by atoms with Crippen LogP contribution < -0.4 is 5.73 Å². The van der Waals surface area contributed by atoms with Gasteiger partial charge in [-0.05, 0) is 19.1 Å². The minimum Gasteiger partial charge on any atom is -0.382 e. The van der Waals surface area contributed by atoms with Crippen molar-refractivity contribution in [3.63, 3.8) is 0 Å². The maximum atomic E-state index is 5.98. The summed E-state index contributed by atoms with van der Waals surface area (Å²) in [6, 6.07) is 6.08. The number of anilines is 1. The highest BCUT2D eigenvalue weighted by Gasteiger charge is 2.25.